The third-order valence-electron chi connectivity index (χ3n) is 7.07. The average Bonchev–Trinajstić information content (AvgIpc) is 3.42. The topological polar surface area (TPSA) is 98.2 Å². The molecule has 3 N–H and O–H groups in total. The number of pyridine rings is 1. The first-order valence-corrected chi connectivity index (χ1v) is 11.5. The lowest BCUT2D eigenvalue weighted by atomic mass is 9.86. The molecule has 6 rings (SSSR count). The summed E-state index contributed by atoms with van der Waals surface area (Å²) in [4.78, 5) is 22.3. The summed E-state index contributed by atoms with van der Waals surface area (Å²) in [5.74, 6) is 0.526. The lowest BCUT2D eigenvalue weighted by molar-refractivity contribution is 0.101. The molecule has 0 spiro atoms. The van der Waals surface area contributed by atoms with Crippen molar-refractivity contribution in [1.82, 2.24) is 24.9 Å². The molecule has 0 radical (unpaired) electrons. The number of carbonyl (C=O) groups is 1. The highest BCUT2D eigenvalue weighted by molar-refractivity contribution is 6.00. The predicted octanol–water partition coefficient (Wildman–Crippen LogP) is 4.24. The van der Waals surface area contributed by atoms with Crippen LogP contribution in [0.2, 0.25) is 0 Å². The number of ketones is 1. The van der Waals surface area contributed by atoms with Gasteiger partial charge in [-0.2, -0.15) is 9.61 Å². The van der Waals surface area contributed by atoms with E-state index in [1.54, 1.807) is 17.6 Å². The zero-order valence-electron chi connectivity index (χ0n) is 18.5. The molecule has 3 aromatic heterocycles. The van der Waals surface area contributed by atoms with Gasteiger partial charge in [0, 0.05) is 40.9 Å². The fourth-order valence-electron chi connectivity index (χ4n) is 5.51. The second-order valence-corrected chi connectivity index (χ2v) is 9.21. The van der Waals surface area contributed by atoms with E-state index in [1.165, 1.54) is 12.8 Å². The molecule has 0 saturated carbocycles. The molecule has 166 valence electrons. The van der Waals surface area contributed by atoms with Gasteiger partial charge in [-0.05, 0) is 38.7 Å². The minimum Gasteiger partial charge on any atom is -0.383 e. The standard InChI is InChI=1S/C26H26N6O/c1-15(33)23-24(18-11-19-8-9-20(12-18)30-19)31-26-21(14-29-32(26)25(23)27)17-7-10-22(28-13-17)16-5-3-2-4-6-16/h2-7,10,13-14,18-20,30H,8-9,11-12,27H2,1H3/t18-,19-,20+. The van der Waals surface area contributed by atoms with Crippen molar-refractivity contribution in [2.24, 2.45) is 0 Å². The number of nitrogen functional groups attached to an aromatic ring is 1. The van der Waals surface area contributed by atoms with Gasteiger partial charge in [-0.15, -0.1) is 0 Å². The predicted molar refractivity (Wildman–Crippen MR) is 128 cm³/mol. The van der Waals surface area contributed by atoms with Gasteiger partial charge in [-0.3, -0.25) is 9.78 Å². The van der Waals surface area contributed by atoms with Gasteiger partial charge in [0.05, 0.1) is 23.1 Å². The van der Waals surface area contributed by atoms with Crippen LogP contribution >= 0.6 is 0 Å². The Labute approximate surface area is 192 Å². The van der Waals surface area contributed by atoms with Crippen LogP contribution in [0.25, 0.3) is 28.0 Å². The summed E-state index contributed by atoms with van der Waals surface area (Å²) in [6.45, 7) is 1.56. The maximum Gasteiger partial charge on any atom is 0.165 e. The van der Waals surface area contributed by atoms with Crippen LogP contribution in [-0.2, 0) is 0 Å². The number of nitrogens with zero attached hydrogens (tertiary/aromatic N) is 4. The molecule has 2 fully saturated rings. The molecular formula is C26H26N6O. The maximum absolute atomic E-state index is 12.6. The van der Waals surface area contributed by atoms with Crippen molar-refractivity contribution >= 4 is 17.2 Å². The summed E-state index contributed by atoms with van der Waals surface area (Å²) in [6.07, 6.45) is 7.95. The third kappa shape index (κ3) is 3.40. The van der Waals surface area contributed by atoms with Crippen LogP contribution in [0.5, 0.6) is 0 Å². The van der Waals surface area contributed by atoms with E-state index in [0.717, 1.165) is 40.9 Å². The molecule has 0 unspecified atom stereocenters. The Morgan fingerprint density at radius 2 is 1.79 bits per heavy atom. The second kappa shape index (κ2) is 7.78. The monoisotopic (exact) mass is 438 g/mol. The molecule has 33 heavy (non-hydrogen) atoms. The van der Waals surface area contributed by atoms with Crippen molar-refractivity contribution in [2.45, 2.75) is 50.6 Å². The molecule has 7 heteroatoms. The van der Waals surface area contributed by atoms with E-state index in [1.807, 2.05) is 48.7 Å². The summed E-state index contributed by atoms with van der Waals surface area (Å²) < 4.78 is 1.59. The highest BCUT2D eigenvalue weighted by Gasteiger charge is 2.37. The van der Waals surface area contributed by atoms with Crippen LogP contribution in [0.4, 0.5) is 5.82 Å². The molecule has 2 bridgehead atoms. The van der Waals surface area contributed by atoms with Crippen LogP contribution in [0.3, 0.4) is 0 Å². The Balaban J connectivity index is 1.45. The van der Waals surface area contributed by atoms with E-state index in [2.05, 4.69) is 15.4 Å². The highest BCUT2D eigenvalue weighted by Crippen LogP contribution is 2.40. The Kier molecular flexibility index (Phi) is 4.73. The first-order chi connectivity index (χ1) is 16.1. The van der Waals surface area contributed by atoms with Gasteiger partial charge in [0.25, 0.3) is 0 Å². The minimum absolute atomic E-state index is 0.0614. The van der Waals surface area contributed by atoms with Crippen molar-refractivity contribution in [1.29, 1.82) is 0 Å². The number of hydrogen-bond acceptors (Lipinski definition) is 6. The van der Waals surface area contributed by atoms with E-state index in [9.17, 15) is 4.79 Å². The first-order valence-electron chi connectivity index (χ1n) is 11.5. The van der Waals surface area contributed by atoms with Crippen molar-refractivity contribution in [3.05, 3.63) is 66.1 Å². The zero-order chi connectivity index (χ0) is 22.5. The van der Waals surface area contributed by atoms with Crippen LogP contribution in [0.15, 0.2) is 54.9 Å². The molecule has 4 aromatic rings. The van der Waals surface area contributed by atoms with E-state index >= 15 is 0 Å². The Morgan fingerprint density at radius 3 is 2.45 bits per heavy atom. The molecule has 5 heterocycles. The number of benzene rings is 1. The molecule has 2 saturated heterocycles. The van der Waals surface area contributed by atoms with E-state index in [-0.39, 0.29) is 11.7 Å². The summed E-state index contributed by atoms with van der Waals surface area (Å²) in [5.41, 5.74) is 12.3. The summed E-state index contributed by atoms with van der Waals surface area (Å²) >= 11 is 0. The van der Waals surface area contributed by atoms with Gasteiger partial charge < -0.3 is 11.1 Å². The number of piperidine rings is 1. The van der Waals surface area contributed by atoms with Crippen molar-refractivity contribution in [3.63, 3.8) is 0 Å². The van der Waals surface area contributed by atoms with Gasteiger partial charge in [-0.1, -0.05) is 36.4 Å². The summed E-state index contributed by atoms with van der Waals surface area (Å²) in [5, 5.41) is 8.16. The third-order valence-corrected chi connectivity index (χ3v) is 7.07. The van der Waals surface area contributed by atoms with E-state index in [0.29, 0.717) is 29.1 Å². The fourth-order valence-corrected chi connectivity index (χ4v) is 5.51. The number of aromatic nitrogens is 4. The molecule has 3 atom stereocenters. The van der Waals surface area contributed by atoms with Crippen LogP contribution < -0.4 is 11.1 Å². The van der Waals surface area contributed by atoms with Gasteiger partial charge in [0.2, 0.25) is 0 Å². The van der Waals surface area contributed by atoms with Gasteiger partial charge in [0.15, 0.2) is 11.4 Å². The number of nitrogens with two attached hydrogens (primary N) is 1. The SMILES string of the molecule is CC(=O)c1c([C@@H]2C[C@H]3CC[C@@H](C2)N3)nc2c(-c3ccc(-c4ccccc4)nc3)cnn2c1N. The second-order valence-electron chi connectivity index (χ2n) is 9.21. The van der Waals surface area contributed by atoms with E-state index in [4.69, 9.17) is 10.7 Å². The Hall–Kier alpha value is -3.58. The Bertz CT molecular complexity index is 1330. The maximum atomic E-state index is 12.6. The van der Waals surface area contributed by atoms with Crippen LogP contribution in [-0.4, -0.2) is 37.4 Å². The number of nitrogens with one attached hydrogen (secondary N) is 1. The summed E-state index contributed by atoms with van der Waals surface area (Å²) in [7, 11) is 0. The van der Waals surface area contributed by atoms with Crippen LogP contribution in [0, 0.1) is 0 Å². The molecule has 0 aliphatic carbocycles. The van der Waals surface area contributed by atoms with Crippen molar-refractivity contribution in [3.8, 4) is 22.4 Å². The summed E-state index contributed by atoms with van der Waals surface area (Å²) in [6, 6.07) is 15.1. The van der Waals surface area contributed by atoms with Gasteiger partial charge in [0.1, 0.15) is 5.82 Å². The smallest absolute Gasteiger partial charge is 0.165 e. The van der Waals surface area contributed by atoms with Crippen molar-refractivity contribution in [2.75, 3.05) is 5.73 Å². The lowest BCUT2D eigenvalue weighted by Gasteiger charge is -2.30. The zero-order valence-corrected chi connectivity index (χ0v) is 18.5. The first kappa shape index (κ1) is 20.1. The number of hydrogen-bond donors (Lipinski definition) is 2. The average molecular weight is 439 g/mol. The number of carbonyl (C=O) groups excluding carboxylic acids is 1. The van der Waals surface area contributed by atoms with E-state index < -0.39 is 0 Å². The van der Waals surface area contributed by atoms with Crippen molar-refractivity contribution < 1.29 is 4.79 Å². The molecule has 2 aliphatic heterocycles. The molecule has 7 nitrogen and oxygen atoms in total. The van der Waals surface area contributed by atoms with Crippen LogP contribution in [0.1, 0.15) is 54.6 Å². The highest BCUT2D eigenvalue weighted by atomic mass is 16.1. The number of Topliss-reactive ketones (excluding diaryl/α,β-unsaturated/α-hetero) is 1. The fraction of sp³-hybridized carbons (Fsp3) is 0.308. The lowest BCUT2D eigenvalue weighted by Crippen LogP contribution is -2.38. The Morgan fingerprint density at radius 1 is 1.03 bits per heavy atom. The largest absolute Gasteiger partial charge is 0.383 e. The normalized spacial score (nSPS) is 22.0. The molecule has 1 aromatic carbocycles. The quantitative estimate of drug-likeness (QED) is 0.463. The minimum atomic E-state index is -0.0614. The molecule has 2 aliphatic rings. The van der Waals surface area contributed by atoms with Gasteiger partial charge in [-0.25, -0.2) is 4.98 Å². The molecule has 0 amide bonds. The molecular weight excluding hydrogens is 412 g/mol. The number of fused-ring (bicyclic) bond motifs is 3. The van der Waals surface area contributed by atoms with Gasteiger partial charge >= 0.3 is 0 Å². The number of rotatable bonds is 4. The number of anilines is 1.